The van der Waals surface area contributed by atoms with E-state index in [4.69, 9.17) is 0 Å². The Morgan fingerprint density at radius 2 is 2.07 bits per heavy atom. The number of fused-ring (bicyclic) bond motifs is 1. The summed E-state index contributed by atoms with van der Waals surface area (Å²) in [6.07, 6.45) is 3.38. The number of nitrogens with zero attached hydrogens (tertiary/aromatic N) is 1. The Bertz CT molecular complexity index is 346. The van der Waals surface area contributed by atoms with Gasteiger partial charge < -0.3 is 4.90 Å². The van der Waals surface area contributed by atoms with Crippen molar-refractivity contribution in [2.45, 2.75) is 26.2 Å². The van der Waals surface area contributed by atoms with E-state index in [0.717, 1.165) is 25.1 Å². The standard InChI is InChI=1S/C12H15NO/c1-10(14)13-9-5-4-7-11-6-2-3-8-12(11)13/h2-3,6,8H,4-5,7,9H2,1H3. The van der Waals surface area contributed by atoms with Gasteiger partial charge in [-0.05, 0) is 30.9 Å². The Morgan fingerprint density at radius 3 is 2.86 bits per heavy atom. The molecule has 0 radical (unpaired) electrons. The summed E-state index contributed by atoms with van der Waals surface area (Å²) >= 11 is 0. The van der Waals surface area contributed by atoms with Gasteiger partial charge in [-0.15, -0.1) is 0 Å². The van der Waals surface area contributed by atoms with Gasteiger partial charge in [-0.2, -0.15) is 0 Å². The molecule has 1 aliphatic rings. The van der Waals surface area contributed by atoms with Crippen molar-refractivity contribution in [3.05, 3.63) is 29.8 Å². The molecule has 1 aromatic carbocycles. The van der Waals surface area contributed by atoms with Crippen LogP contribution in [0.2, 0.25) is 0 Å². The topological polar surface area (TPSA) is 20.3 Å². The molecule has 0 atom stereocenters. The molecule has 0 fully saturated rings. The van der Waals surface area contributed by atoms with Crippen molar-refractivity contribution in [2.75, 3.05) is 11.4 Å². The smallest absolute Gasteiger partial charge is 0.223 e. The summed E-state index contributed by atoms with van der Waals surface area (Å²) in [7, 11) is 0. The fourth-order valence-corrected chi connectivity index (χ4v) is 2.02. The van der Waals surface area contributed by atoms with E-state index in [1.165, 1.54) is 12.0 Å². The molecule has 74 valence electrons. The molecule has 2 rings (SSSR count). The number of anilines is 1. The normalized spacial score (nSPS) is 15.9. The molecule has 0 saturated carbocycles. The molecule has 0 N–H and O–H groups in total. The second kappa shape index (κ2) is 3.82. The van der Waals surface area contributed by atoms with Gasteiger partial charge in [0, 0.05) is 19.2 Å². The van der Waals surface area contributed by atoms with Gasteiger partial charge in [-0.25, -0.2) is 0 Å². The molecule has 1 heterocycles. The van der Waals surface area contributed by atoms with E-state index < -0.39 is 0 Å². The van der Waals surface area contributed by atoms with Gasteiger partial charge >= 0.3 is 0 Å². The number of hydrogen-bond donors (Lipinski definition) is 0. The van der Waals surface area contributed by atoms with Gasteiger partial charge in [-0.3, -0.25) is 4.79 Å². The summed E-state index contributed by atoms with van der Waals surface area (Å²) in [4.78, 5) is 13.3. The molecule has 0 aromatic heterocycles. The number of hydrogen-bond acceptors (Lipinski definition) is 1. The first-order valence-corrected chi connectivity index (χ1v) is 5.15. The van der Waals surface area contributed by atoms with Crippen molar-refractivity contribution in [1.29, 1.82) is 0 Å². The molecule has 0 saturated heterocycles. The van der Waals surface area contributed by atoms with Crippen LogP contribution in [0.25, 0.3) is 0 Å². The van der Waals surface area contributed by atoms with Crippen LogP contribution in [0.3, 0.4) is 0 Å². The van der Waals surface area contributed by atoms with Crippen LogP contribution in [0.4, 0.5) is 5.69 Å². The zero-order chi connectivity index (χ0) is 9.97. The van der Waals surface area contributed by atoms with Crippen molar-refractivity contribution in [3.63, 3.8) is 0 Å². The summed E-state index contributed by atoms with van der Waals surface area (Å²) in [5.41, 5.74) is 2.41. The van der Waals surface area contributed by atoms with Crippen molar-refractivity contribution >= 4 is 11.6 Å². The summed E-state index contributed by atoms with van der Waals surface area (Å²) in [5.74, 6) is 0.152. The number of benzene rings is 1. The zero-order valence-corrected chi connectivity index (χ0v) is 8.49. The fraction of sp³-hybridized carbons (Fsp3) is 0.417. The highest BCUT2D eigenvalue weighted by Crippen LogP contribution is 2.25. The summed E-state index contributed by atoms with van der Waals surface area (Å²) < 4.78 is 0. The maximum absolute atomic E-state index is 11.4. The molecule has 0 bridgehead atoms. The summed E-state index contributed by atoms with van der Waals surface area (Å²) in [6.45, 7) is 2.51. The van der Waals surface area contributed by atoms with E-state index in [0.29, 0.717) is 0 Å². The minimum atomic E-state index is 0.152. The number of amides is 1. The van der Waals surface area contributed by atoms with Crippen LogP contribution < -0.4 is 4.90 Å². The van der Waals surface area contributed by atoms with E-state index >= 15 is 0 Å². The van der Waals surface area contributed by atoms with Gasteiger partial charge in [-0.1, -0.05) is 18.2 Å². The average molecular weight is 189 g/mol. The summed E-state index contributed by atoms with van der Waals surface area (Å²) in [6, 6.07) is 8.21. The van der Waals surface area contributed by atoms with Crippen molar-refractivity contribution < 1.29 is 4.79 Å². The Balaban J connectivity index is 2.42. The molecular weight excluding hydrogens is 174 g/mol. The Labute approximate surface area is 84.5 Å². The Kier molecular flexibility index (Phi) is 2.53. The highest BCUT2D eigenvalue weighted by atomic mass is 16.2. The quantitative estimate of drug-likeness (QED) is 0.613. The Hall–Kier alpha value is -1.31. The molecule has 2 heteroatoms. The lowest BCUT2D eigenvalue weighted by Gasteiger charge is -2.20. The number of aryl methyl sites for hydroxylation is 1. The summed E-state index contributed by atoms with van der Waals surface area (Å²) in [5, 5.41) is 0. The predicted octanol–water partition coefficient (Wildman–Crippen LogP) is 2.38. The molecule has 0 unspecified atom stereocenters. The molecule has 0 spiro atoms. The molecule has 14 heavy (non-hydrogen) atoms. The average Bonchev–Trinajstić information content (AvgIpc) is 2.39. The van der Waals surface area contributed by atoms with Crippen molar-refractivity contribution in [2.24, 2.45) is 0 Å². The van der Waals surface area contributed by atoms with Gasteiger partial charge in [0.05, 0.1) is 0 Å². The third-order valence-electron chi connectivity index (χ3n) is 2.74. The van der Waals surface area contributed by atoms with Crippen LogP contribution in [0.1, 0.15) is 25.3 Å². The minimum Gasteiger partial charge on any atom is -0.312 e. The molecule has 1 aliphatic heterocycles. The third kappa shape index (κ3) is 1.65. The largest absolute Gasteiger partial charge is 0.312 e. The van der Waals surface area contributed by atoms with Crippen LogP contribution >= 0.6 is 0 Å². The maximum atomic E-state index is 11.4. The van der Waals surface area contributed by atoms with E-state index in [-0.39, 0.29) is 5.91 Å². The van der Waals surface area contributed by atoms with E-state index in [9.17, 15) is 4.79 Å². The first kappa shape index (κ1) is 9.25. The highest BCUT2D eigenvalue weighted by molar-refractivity contribution is 5.92. The van der Waals surface area contributed by atoms with Crippen LogP contribution in [-0.2, 0) is 11.2 Å². The zero-order valence-electron chi connectivity index (χ0n) is 8.49. The van der Waals surface area contributed by atoms with E-state index in [1.807, 2.05) is 23.1 Å². The van der Waals surface area contributed by atoms with Crippen LogP contribution in [0, 0.1) is 0 Å². The van der Waals surface area contributed by atoms with E-state index in [2.05, 4.69) is 6.07 Å². The van der Waals surface area contributed by atoms with E-state index in [1.54, 1.807) is 6.92 Å². The third-order valence-corrected chi connectivity index (χ3v) is 2.74. The molecular formula is C12H15NO. The highest BCUT2D eigenvalue weighted by Gasteiger charge is 2.17. The first-order chi connectivity index (χ1) is 6.79. The number of rotatable bonds is 0. The SMILES string of the molecule is CC(=O)N1CCCCc2ccccc21. The lowest BCUT2D eigenvalue weighted by Crippen LogP contribution is -2.29. The lowest BCUT2D eigenvalue weighted by molar-refractivity contribution is -0.116. The van der Waals surface area contributed by atoms with Crippen LogP contribution in [0.5, 0.6) is 0 Å². The van der Waals surface area contributed by atoms with Gasteiger partial charge in [0.1, 0.15) is 0 Å². The van der Waals surface area contributed by atoms with Gasteiger partial charge in [0.2, 0.25) is 5.91 Å². The number of carbonyl (C=O) groups excluding carboxylic acids is 1. The molecule has 1 amide bonds. The minimum absolute atomic E-state index is 0.152. The second-order valence-electron chi connectivity index (χ2n) is 3.76. The molecule has 1 aromatic rings. The number of carbonyl (C=O) groups is 1. The predicted molar refractivity (Wildman–Crippen MR) is 57.4 cm³/mol. The monoisotopic (exact) mass is 189 g/mol. The molecule has 2 nitrogen and oxygen atoms in total. The maximum Gasteiger partial charge on any atom is 0.223 e. The first-order valence-electron chi connectivity index (χ1n) is 5.15. The lowest BCUT2D eigenvalue weighted by atomic mass is 10.1. The Morgan fingerprint density at radius 1 is 1.29 bits per heavy atom. The van der Waals surface area contributed by atoms with Gasteiger partial charge in [0.15, 0.2) is 0 Å². The van der Waals surface area contributed by atoms with Gasteiger partial charge in [0.25, 0.3) is 0 Å². The molecule has 0 aliphatic carbocycles. The van der Waals surface area contributed by atoms with Crippen molar-refractivity contribution in [1.82, 2.24) is 0 Å². The second-order valence-corrected chi connectivity index (χ2v) is 3.76. The van der Waals surface area contributed by atoms with Crippen molar-refractivity contribution in [3.8, 4) is 0 Å². The number of para-hydroxylation sites is 1. The fourth-order valence-electron chi connectivity index (χ4n) is 2.02. The van der Waals surface area contributed by atoms with Crippen LogP contribution in [0.15, 0.2) is 24.3 Å². The van der Waals surface area contributed by atoms with Crippen LogP contribution in [-0.4, -0.2) is 12.5 Å².